The molecule has 1 aromatic heterocycles. The Balaban J connectivity index is 1.93. The number of aromatic nitrogens is 1. The SMILES string of the molecule is CCOC(=O)C1CCCN(C(=O)C(=O)Nc2ccccn2)C1. The molecule has 2 amide bonds. The molecule has 1 aromatic rings. The van der Waals surface area contributed by atoms with Crippen LogP contribution in [0.3, 0.4) is 0 Å². The lowest BCUT2D eigenvalue weighted by molar-refractivity contribution is -0.153. The molecule has 0 aromatic carbocycles. The Bertz CT molecular complexity index is 547. The Morgan fingerprint density at radius 1 is 1.41 bits per heavy atom. The summed E-state index contributed by atoms with van der Waals surface area (Å²) >= 11 is 0. The van der Waals surface area contributed by atoms with E-state index >= 15 is 0 Å². The number of hydrogen-bond donors (Lipinski definition) is 1. The molecule has 7 nitrogen and oxygen atoms in total. The molecule has 1 aliphatic rings. The average molecular weight is 305 g/mol. The third-order valence-corrected chi connectivity index (χ3v) is 3.43. The molecule has 1 fully saturated rings. The predicted octanol–water partition coefficient (Wildman–Crippen LogP) is 0.822. The van der Waals surface area contributed by atoms with E-state index in [0.717, 1.165) is 0 Å². The highest BCUT2D eigenvalue weighted by atomic mass is 16.5. The third-order valence-electron chi connectivity index (χ3n) is 3.43. The van der Waals surface area contributed by atoms with E-state index in [-0.39, 0.29) is 18.4 Å². The zero-order valence-electron chi connectivity index (χ0n) is 12.4. The van der Waals surface area contributed by atoms with Crippen LogP contribution in [0.25, 0.3) is 0 Å². The fraction of sp³-hybridized carbons (Fsp3) is 0.467. The number of amides is 2. The third kappa shape index (κ3) is 4.03. The number of piperidine rings is 1. The van der Waals surface area contributed by atoms with Gasteiger partial charge in [-0.05, 0) is 31.9 Å². The lowest BCUT2D eigenvalue weighted by Crippen LogP contribution is -2.47. The van der Waals surface area contributed by atoms with E-state index in [1.807, 2.05) is 0 Å². The van der Waals surface area contributed by atoms with Crippen LogP contribution >= 0.6 is 0 Å². The van der Waals surface area contributed by atoms with Crippen molar-refractivity contribution >= 4 is 23.6 Å². The van der Waals surface area contributed by atoms with E-state index in [2.05, 4.69) is 10.3 Å². The number of esters is 1. The molecular weight excluding hydrogens is 286 g/mol. The van der Waals surface area contributed by atoms with Crippen LogP contribution in [0.1, 0.15) is 19.8 Å². The lowest BCUT2D eigenvalue weighted by atomic mass is 9.98. The monoisotopic (exact) mass is 305 g/mol. The van der Waals surface area contributed by atoms with Crippen LogP contribution in [0.15, 0.2) is 24.4 Å². The Kier molecular flexibility index (Phi) is 5.46. The maximum Gasteiger partial charge on any atom is 0.315 e. The van der Waals surface area contributed by atoms with E-state index in [4.69, 9.17) is 4.74 Å². The molecule has 1 unspecified atom stereocenters. The molecule has 0 spiro atoms. The van der Waals surface area contributed by atoms with E-state index in [1.165, 1.54) is 11.1 Å². The first kappa shape index (κ1) is 15.9. The van der Waals surface area contributed by atoms with Gasteiger partial charge in [0.05, 0.1) is 12.5 Å². The van der Waals surface area contributed by atoms with Gasteiger partial charge in [0.2, 0.25) is 0 Å². The number of carbonyl (C=O) groups is 3. The smallest absolute Gasteiger partial charge is 0.315 e. The van der Waals surface area contributed by atoms with Crippen molar-refractivity contribution in [3.05, 3.63) is 24.4 Å². The number of hydrogen-bond acceptors (Lipinski definition) is 5. The maximum atomic E-state index is 12.2. The van der Waals surface area contributed by atoms with Crippen molar-refractivity contribution in [2.75, 3.05) is 25.0 Å². The van der Waals surface area contributed by atoms with Crippen molar-refractivity contribution in [1.82, 2.24) is 9.88 Å². The molecule has 0 radical (unpaired) electrons. The van der Waals surface area contributed by atoms with Gasteiger partial charge in [0.15, 0.2) is 0 Å². The molecule has 22 heavy (non-hydrogen) atoms. The molecule has 0 aliphatic carbocycles. The van der Waals surface area contributed by atoms with Gasteiger partial charge in [0.1, 0.15) is 5.82 Å². The molecule has 1 saturated heterocycles. The molecule has 118 valence electrons. The summed E-state index contributed by atoms with van der Waals surface area (Å²) in [6.07, 6.45) is 2.87. The molecule has 2 heterocycles. The number of rotatable bonds is 3. The van der Waals surface area contributed by atoms with Gasteiger partial charge in [0, 0.05) is 19.3 Å². The van der Waals surface area contributed by atoms with Crippen molar-refractivity contribution in [3.8, 4) is 0 Å². The second-order valence-corrected chi connectivity index (χ2v) is 5.01. The van der Waals surface area contributed by atoms with Gasteiger partial charge < -0.3 is 15.0 Å². The van der Waals surface area contributed by atoms with Crippen LogP contribution in [0.5, 0.6) is 0 Å². The minimum Gasteiger partial charge on any atom is -0.466 e. The van der Waals surface area contributed by atoms with E-state index < -0.39 is 11.8 Å². The Morgan fingerprint density at radius 3 is 2.91 bits per heavy atom. The molecule has 7 heteroatoms. The fourth-order valence-electron chi connectivity index (χ4n) is 2.36. The van der Waals surface area contributed by atoms with Gasteiger partial charge in [-0.2, -0.15) is 0 Å². The molecule has 0 bridgehead atoms. The summed E-state index contributed by atoms with van der Waals surface area (Å²) in [7, 11) is 0. The Labute approximate surface area is 128 Å². The summed E-state index contributed by atoms with van der Waals surface area (Å²) in [6, 6.07) is 5.03. The number of ether oxygens (including phenoxy) is 1. The summed E-state index contributed by atoms with van der Waals surface area (Å²) in [4.78, 5) is 41.2. The first-order chi connectivity index (χ1) is 10.6. The maximum absolute atomic E-state index is 12.2. The van der Waals surface area contributed by atoms with E-state index in [1.54, 1.807) is 25.1 Å². The second-order valence-electron chi connectivity index (χ2n) is 5.01. The molecule has 2 rings (SSSR count). The van der Waals surface area contributed by atoms with Crippen LogP contribution in [0.2, 0.25) is 0 Å². The highest BCUT2D eigenvalue weighted by Crippen LogP contribution is 2.18. The van der Waals surface area contributed by atoms with Gasteiger partial charge in [-0.15, -0.1) is 0 Å². The van der Waals surface area contributed by atoms with Gasteiger partial charge in [0.25, 0.3) is 0 Å². The van der Waals surface area contributed by atoms with Crippen molar-refractivity contribution in [1.29, 1.82) is 0 Å². The lowest BCUT2D eigenvalue weighted by Gasteiger charge is -2.30. The molecule has 0 saturated carbocycles. The summed E-state index contributed by atoms with van der Waals surface area (Å²) in [5, 5.41) is 2.45. The quantitative estimate of drug-likeness (QED) is 0.660. The van der Waals surface area contributed by atoms with Crippen LogP contribution in [-0.2, 0) is 19.1 Å². The van der Waals surface area contributed by atoms with Gasteiger partial charge in [-0.25, -0.2) is 4.98 Å². The van der Waals surface area contributed by atoms with Crippen LogP contribution in [0.4, 0.5) is 5.82 Å². The zero-order chi connectivity index (χ0) is 15.9. The predicted molar refractivity (Wildman–Crippen MR) is 78.8 cm³/mol. The van der Waals surface area contributed by atoms with Crippen molar-refractivity contribution < 1.29 is 19.1 Å². The first-order valence-corrected chi connectivity index (χ1v) is 7.29. The van der Waals surface area contributed by atoms with Crippen molar-refractivity contribution in [3.63, 3.8) is 0 Å². The van der Waals surface area contributed by atoms with Crippen LogP contribution < -0.4 is 5.32 Å². The summed E-state index contributed by atoms with van der Waals surface area (Å²) in [6.45, 7) is 2.73. The number of pyridine rings is 1. The fourth-order valence-corrected chi connectivity index (χ4v) is 2.36. The normalized spacial score (nSPS) is 17.7. The largest absolute Gasteiger partial charge is 0.466 e. The summed E-state index contributed by atoms with van der Waals surface area (Å²) in [5.74, 6) is -1.76. The van der Waals surface area contributed by atoms with Crippen LogP contribution in [0, 0.1) is 5.92 Å². The minimum absolute atomic E-state index is 0.216. The standard InChI is InChI=1S/C15H19N3O4/c1-2-22-15(21)11-6-5-9-18(10-11)14(20)13(19)17-12-7-3-4-8-16-12/h3-4,7-8,11H,2,5-6,9-10H2,1H3,(H,16,17,19). The average Bonchev–Trinajstić information content (AvgIpc) is 2.55. The first-order valence-electron chi connectivity index (χ1n) is 7.29. The van der Waals surface area contributed by atoms with Gasteiger partial charge in [-0.3, -0.25) is 14.4 Å². The molecule has 1 aliphatic heterocycles. The number of nitrogens with zero attached hydrogens (tertiary/aromatic N) is 2. The number of nitrogens with one attached hydrogen (secondary N) is 1. The van der Waals surface area contributed by atoms with Gasteiger partial charge in [-0.1, -0.05) is 6.07 Å². The summed E-state index contributed by atoms with van der Waals surface area (Å²) < 4.78 is 4.98. The molecule has 1 N–H and O–H groups in total. The minimum atomic E-state index is -0.747. The number of likely N-dealkylation sites (tertiary alicyclic amines) is 1. The number of anilines is 1. The Hall–Kier alpha value is -2.44. The topological polar surface area (TPSA) is 88.6 Å². The second kappa shape index (κ2) is 7.53. The van der Waals surface area contributed by atoms with Crippen LogP contribution in [-0.4, -0.2) is 47.4 Å². The van der Waals surface area contributed by atoms with E-state index in [9.17, 15) is 14.4 Å². The highest BCUT2D eigenvalue weighted by Gasteiger charge is 2.32. The zero-order valence-corrected chi connectivity index (χ0v) is 12.4. The van der Waals surface area contributed by atoms with Gasteiger partial charge >= 0.3 is 17.8 Å². The molecule has 1 atom stereocenters. The highest BCUT2D eigenvalue weighted by molar-refractivity contribution is 6.39. The van der Waals surface area contributed by atoms with Crippen molar-refractivity contribution in [2.45, 2.75) is 19.8 Å². The van der Waals surface area contributed by atoms with E-state index in [0.29, 0.717) is 31.8 Å². The Morgan fingerprint density at radius 2 is 2.23 bits per heavy atom. The molecular formula is C15H19N3O4. The van der Waals surface area contributed by atoms with Crippen molar-refractivity contribution in [2.24, 2.45) is 5.92 Å². The number of carbonyl (C=O) groups excluding carboxylic acids is 3. The summed E-state index contributed by atoms with van der Waals surface area (Å²) in [5.41, 5.74) is 0.